The molecule has 0 spiro atoms. The quantitative estimate of drug-likeness (QED) is 0.592. The van der Waals surface area contributed by atoms with Crippen molar-refractivity contribution < 1.29 is 13.2 Å². The molecule has 2 rings (SSSR count). The van der Waals surface area contributed by atoms with Crippen molar-refractivity contribution in [3.8, 4) is 5.75 Å². The Morgan fingerprint density at radius 2 is 2.04 bits per heavy atom. The van der Waals surface area contributed by atoms with E-state index in [9.17, 15) is 8.42 Å². The lowest BCUT2D eigenvalue weighted by molar-refractivity contribution is 0.286. The Labute approximate surface area is 163 Å². The lowest BCUT2D eigenvalue weighted by Gasteiger charge is -2.39. The van der Waals surface area contributed by atoms with Crippen LogP contribution in [0.15, 0.2) is 29.3 Å². The molecule has 0 amide bonds. The van der Waals surface area contributed by atoms with E-state index >= 15 is 0 Å². The fourth-order valence-corrected chi connectivity index (χ4v) is 4.39. The number of aliphatic imine (C=N–C) groups is 1. The van der Waals surface area contributed by atoms with E-state index in [-0.39, 0.29) is 5.75 Å². The van der Waals surface area contributed by atoms with E-state index in [0.29, 0.717) is 32.2 Å². The topological polar surface area (TPSA) is 71.0 Å². The minimum absolute atomic E-state index is 0.148. The zero-order valence-electron chi connectivity index (χ0n) is 17.2. The largest absolute Gasteiger partial charge is 0.493 e. The Kier molecular flexibility index (Phi) is 7.14. The monoisotopic (exact) mass is 395 g/mol. The predicted molar refractivity (Wildman–Crippen MR) is 111 cm³/mol. The number of para-hydroxylation sites is 1. The molecule has 0 unspecified atom stereocenters. The van der Waals surface area contributed by atoms with E-state index in [2.05, 4.69) is 24.2 Å². The van der Waals surface area contributed by atoms with Gasteiger partial charge < -0.3 is 15.0 Å². The maximum absolute atomic E-state index is 12.2. The summed E-state index contributed by atoms with van der Waals surface area (Å²) >= 11 is 0. The van der Waals surface area contributed by atoms with Gasteiger partial charge in [0.25, 0.3) is 0 Å². The molecular weight excluding hydrogens is 362 g/mol. The number of nitrogens with one attached hydrogen (secondary N) is 1. The molecular formula is C20H33N3O3S. The molecule has 27 heavy (non-hydrogen) atoms. The SMILES string of the molecule is CN=C(NCc1ccccc1OCCC(C)C)N1CCS(=O)(=O)C(C)(C)C1. The molecule has 0 bridgehead atoms. The zero-order valence-corrected chi connectivity index (χ0v) is 18.0. The van der Waals surface area contributed by atoms with Crippen molar-refractivity contribution in [1.82, 2.24) is 10.2 Å². The third kappa shape index (κ3) is 5.61. The van der Waals surface area contributed by atoms with Crippen LogP contribution in [0.25, 0.3) is 0 Å². The highest BCUT2D eigenvalue weighted by Crippen LogP contribution is 2.24. The Morgan fingerprint density at radius 3 is 2.67 bits per heavy atom. The van der Waals surface area contributed by atoms with Gasteiger partial charge in [0.2, 0.25) is 0 Å². The molecule has 1 heterocycles. The van der Waals surface area contributed by atoms with E-state index in [1.165, 1.54) is 0 Å². The lowest BCUT2D eigenvalue weighted by atomic mass is 10.1. The molecule has 1 saturated heterocycles. The number of hydrogen-bond acceptors (Lipinski definition) is 4. The second kappa shape index (κ2) is 8.95. The molecule has 1 aliphatic rings. The normalized spacial score (nSPS) is 19.2. The van der Waals surface area contributed by atoms with Crippen LogP contribution in [0.3, 0.4) is 0 Å². The summed E-state index contributed by atoms with van der Waals surface area (Å²) in [6, 6.07) is 7.99. The van der Waals surface area contributed by atoms with Crippen LogP contribution in [0.4, 0.5) is 0 Å². The highest BCUT2D eigenvalue weighted by Gasteiger charge is 2.40. The van der Waals surface area contributed by atoms with Gasteiger partial charge in [-0.1, -0.05) is 32.0 Å². The Bertz CT molecular complexity index is 757. The van der Waals surface area contributed by atoms with Gasteiger partial charge in [0.05, 0.1) is 17.1 Å². The van der Waals surface area contributed by atoms with Crippen molar-refractivity contribution in [2.75, 3.05) is 32.5 Å². The first-order chi connectivity index (χ1) is 12.7. The van der Waals surface area contributed by atoms with E-state index in [1.807, 2.05) is 29.2 Å². The summed E-state index contributed by atoms with van der Waals surface area (Å²) in [7, 11) is -1.35. The van der Waals surface area contributed by atoms with Gasteiger partial charge in [-0.15, -0.1) is 0 Å². The van der Waals surface area contributed by atoms with Gasteiger partial charge in [0.1, 0.15) is 5.75 Å². The van der Waals surface area contributed by atoms with Crippen molar-refractivity contribution in [1.29, 1.82) is 0 Å². The standard InChI is InChI=1S/C20H33N3O3S/c1-16(2)10-12-26-18-9-7-6-8-17(18)14-22-19(21-5)23-11-13-27(24,25)20(3,4)15-23/h6-9,16H,10-15H2,1-5H3,(H,21,22). The van der Waals surface area contributed by atoms with Crippen molar-refractivity contribution in [3.05, 3.63) is 29.8 Å². The van der Waals surface area contributed by atoms with Gasteiger partial charge in [-0.2, -0.15) is 0 Å². The predicted octanol–water partition coefficient (Wildman–Crippen LogP) is 2.70. The van der Waals surface area contributed by atoms with Crippen LogP contribution in [-0.2, 0) is 16.4 Å². The number of nitrogens with zero attached hydrogens (tertiary/aromatic N) is 2. The first-order valence-electron chi connectivity index (χ1n) is 9.55. The number of hydrogen-bond donors (Lipinski definition) is 1. The van der Waals surface area contributed by atoms with Gasteiger partial charge in [-0.05, 0) is 32.3 Å². The maximum atomic E-state index is 12.2. The van der Waals surface area contributed by atoms with Crippen LogP contribution in [0.5, 0.6) is 5.75 Å². The van der Waals surface area contributed by atoms with Crippen LogP contribution in [-0.4, -0.2) is 56.5 Å². The molecule has 0 saturated carbocycles. The molecule has 152 valence electrons. The van der Waals surface area contributed by atoms with E-state index < -0.39 is 14.6 Å². The molecule has 1 aliphatic heterocycles. The van der Waals surface area contributed by atoms with Crippen molar-refractivity contribution in [3.63, 3.8) is 0 Å². The van der Waals surface area contributed by atoms with Crippen LogP contribution < -0.4 is 10.1 Å². The number of guanidine groups is 1. The van der Waals surface area contributed by atoms with Crippen LogP contribution >= 0.6 is 0 Å². The van der Waals surface area contributed by atoms with Crippen LogP contribution in [0.2, 0.25) is 0 Å². The summed E-state index contributed by atoms with van der Waals surface area (Å²) < 4.78 is 29.6. The molecule has 1 N–H and O–H groups in total. The highest BCUT2D eigenvalue weighted by molar-refractivity contribution is 7.92. The fourth-order valence-electron chi connectivity index (χ4n) is 3.03. The van der Waals surface area contributed by atoms with Gasteiger partial charge >= 0.3 is 0 Å². The van der Waals surface area contributed by atoms with Gasteiger partial charge in [-0.25, -0.2) is 8.42 Å². The number of rotatable bonds is 6. The molecule has 1 aromatic carbocycles. The Hall–Kier alpha value is -1.76. The minimum atomic E-state index is -3.07. The number of ether oxygens (including phenoxy) is 1. The summed E-state index contributed by atoms with van der Waals surface area (Å²) in [5.41, 5.74) is 1.06. The molecule has 1 fully saturated rings. The average Bonchev–Trinajstić information content (AvgIpc) is 2.59. The third-order valence-corrected chi connectivity index (χ3v) is 7.45. The zero-order chi connectivity index (χ0) is 20.1. The van der Waals surface area contributed by atoms with Gasteiger partial charge in [-0.3, -0.25) is 4.99 Å². The summed E-state index contributed by atoms with van der Waals surface area (Å²) in [5.74, 6) is 2.35. The van der Waals surface area contributed by atoms with Crippen LogP contribution in [0, 0.1) is 5.92 Å². The first-order valence-corrected chi connectivity index (χ1v) is 11.2. The second-order valence-electron chi connectivity index (χ2n) is 8.04. The smallest absolute Gasteiger partial charge is 0.193 e. The lowest BCUT2D eigenvalue weighted by Crippen LogP contribution is -2.57. The Balaban J connectivity index is 2.01. The first kappa shape index (κ1) is 21.5. The van der Waals surface area contributed by atoms with Crippen molar-refractivity contribution in [2.24, 2.45) is 10.9 Å². The van der Waals surface area contributed by atoms with E-state index in [0.717, 1.165) is 23.7 Å². The number of benzene rings is 1. The summed E-state index contributed by atoms with van der Waals surface area (Å²) in [6.07, 6.45) is 1.01. The van der Waals surface area contributed by atoms with E-state index in [1.54, 1.807) is 20.9 Å². The minimum Gasteiger partial charge on any atom is -0.493 e. The molecule has 1 aromatic rings. The molecule has 0 atom stereocenters. The average molecular weight is 396 g/mol. The van der Waals surface area contributed by atoms with Crippen molar-refractivity contribution >= 4 is 15.8 Å². The van der Waals surface area contributed by atoms with Crippen LogP contribution in [0.1, 0.15) is 39.7 Å². The summed E-state index contributed by atoms with van der Waals surface area (Å²) in [4.78, 5) is 6.37. The van der Waals surface area contributed by atoms with Gasteiger partial charge in [0.15, 0.2) is 15.8 Å². The third-order valence-electron chi connectivity index (χ3n) is 4.92. The fraction of sp³-hybridized carbons (Fsp3) is 0.650. The molecule has 0 radical (unpaired) electrons. The Morgan fingerprint density at radius 1 is 1.33 bits per heavy atom. The van der Waals surface area contributed by atoms with E-state index in [4.69, 9.17) is 4.74 Å². The molecule has 0 aromatic heterocycles. The highest BCUT2D eigenvalue weighted by atomic mass is 32.2. The van der Waals surface area contributed by atoms with Crippen molar-refractivity contribution in [2.45, 2.75) is 45.4 Å². The molecule has 0 aliphatic carbocycles. The molecule has 6 nitrogen and oxygen atoms in total. The maximum Gasteiger partial charge on any atom is 0.193 e. The number of sulfone groups is 1. The second-order valence-corrected chi connectivity index (χ2v) is 10.8. The van der Waals surface area contributed by atoms with Gasteiger partial charge in [0, 0.05) is 32.2 Å². The summed E-state index contributed by atoms with van der Waals surface area (Å²) in [5, 5.41) is 3.36. The summed E-state index contributed by atoms with van der Waals surface area (Å²) in [6.45, 7) is 10.1. The molecule has 7 heteroatoms.